The Balaban J connectivity index is 1.80. The Morgan fingerprint density at radius 3 is 2.55 bits per heavy atom. The summed E-state index contributed by atoms with van der Waals surface area (Å²) in [4.78, 5) is 22.8. The predicted molar refractivity (Wildman–Crippen MR) is 124 cm³/mol. The normalized spacial score (nSPS) is 10.8. The number of nitro groups is 1. The Hall–Kier alpha value is -4.35. The van der Waals surface area contributed by atoms with Crippen molar-refractivity contribution in [2.24, 2.45) is 0 Å². The molecule has 33 heavy (non-hydrogen) atoms. The van der Waals surface area contributed by atoms with Crippen LogP contribution < -0.4 is 14.8 Å². The van der Waals surface area contributed by atoms with Crippen LogP contribution in [0.3, 0.4) is 0 Å². The molecular weight excluding hydrogens is 446 g/mol. The van der Waals surface area contributed by atoms with E-state index in [0.29, 0.717) is 23.7 Å². The monoisotopic (exact) mass is 463 g/mol. The Labute approximate surface area is 194 Å². The lowest BCUT2D eigenvalue weighted by Gasteiger charge is -2.12. The summed E-state index contributed by atoms with van der Waals surface area (Å²) in [7, 11) is 1.52. The number of methoxy groups -OCH3 is 1. The number of nitrogens with zero attached hydrogens (tertiary/aromatic N) is 2. The molecule has 1 amide bonds. The van der Waals surface area contributed by atoms with Crippen LogP contribution in [0, 0.1) is 21.4 Å². The van der Waals surface area contributed by atoms with Gasteiger partial charge >= 0.3 is 0 Å². The standard InChI is InChI=1S/C24H18ClN3O5/c1-32-22-10-7-17(12-23(22)33-15-16-5-3-2-4-6-16)11-18(14-26)24(29)27-21-9-8-19(28(30)31)13-20(21)25/h2-13H,15H2,1H3,(H,27,29). The average Bonchev–Trinajstić information content (AvgIpc) is 2.83. The van der Waals surface area contributed by atoms with E-state index < -0.39 is 10.8 Å². The van der Waals surface area contributed by atoms with Gasteiger partial charge in [0.25, 0.3) is 11.6 Å². The molecule has 0 spiro atoms. The lowest BCUT2D eigenvalue weighted by Crippen LogP contribution is -2.13. The summed E-state index contributed by atoms with van der Waals surface area (Å²) < 4.78 is 11.2. The van der Waals surface area contributed by atoms with Crippen molar-refractivity contribution in [2.75, 3.05) is 12.4 Å². The number of hydrogen-bond acceptors (Lipinski definition) is 6. The van der Waals surface area contributed by atoms with Crippen LogP contribution in [0.2, 0.25) is 5.02 Å². The summed E-state index contributed by atoms with van der Waals surface area (Å²) in [6.45, 7) is 0.314. The van der Waals surface area contributed by atoms with Crippen LogP contribution in [-0.2, 0) is 11.4 Å². The number of hydrogen-bond donors (Lipinski definition) is 1. The molecule has 1 N–H and O–H groups in total. The molecule has 0 bridgehead atoms. The third-order valence-corrected chi connectivity index (χ3v) is 4.83. The maximum absolute atomic E-state index is 12.6. The zero-order valence-electron chi connectivity index (χ0n) is 17.4. The Kier molecular flexibility index (Phi) is 7.63. The molecule has 0 fully saturated rings. The summed E-state index contributed by atoms with van der Waals surface area (Å²) in [5, 5.41) is 22.8. The highest BCUT2D eigenvalue weighted by molar-refractivity contribution is 6.34. The van der Waals surface area contributed by atoms with Gasteiger partial charge in [0.2, 0.25) is 0 Å². The zero-order valence-corrected chi connectivity index (χ0v) is 18.2. The molecule has 0 radical (unpaired) electrons. The second kappa shape index (κ2) is 10.8. The number of carbonyl (C=O) groups is 1. The summed E-state index contributed by atoms with van der Waals surface area (Å²) in [6.07, 6.45) is 1.39. The van der Waals surface area contributed by atoms with Crippen LogP contribution in [0.5, 0.6) is 11.5 Å². The van der Waals surface area contributed by atoms with Crippen molar-refractivity contribution >= 4 is 35.0 Å². The number of non-ortho nitro benzene ring substituents is 1. The first kappa shape index (κ1) is 23.3. The van der Waals surface area contributed by atoms with Gasteiger partial charge < -0.3 is 14.8 Å². The Morgan fingerprint density at radius 2 is 1.91 bits per heavy atom. The molecule has 166 valence electrons. The minimum atomic E-state index is -0.712. The first-order chi connectivity index (χ1) is 15.9. The Morgan fingerprint density at radius 1 is 1.15 bits per heavy atom. The van der Waals surface area contributed by atoms with Crippen LogP contribution in [-0.4, -0.2) is 17.9 Å². The third kappa shape index (κ3) is 6.09. The molecule has 0 aliphatic carbocycles. The fraction of sp³-hybridized carbons (Fsp3) is 0.0833. The highest BCUT2D eigenvalue weighted by atomic mass is 35.5. The van der Waals surface area contributed by atoms with Crippen LogP contribution in [0.15, 0.2) is 72.3 Å². The van der Waals surface area contributed by atoms with Gasteiger partial charge in [-0.05, 0) is 35.4 Å². The molecule has 3 aromatic rings. The van der Waals surface area contributed by atoms with E-state index in [1.807, 2.05) is 36.4 Å². The molecule has 0 saturated carbocycles. The molecule has 0 atom stereocenters. The average molecular weight is 464 g/mol. The van der Waals surface area contributed by atoms with Crippen molar-refractivity contribution < 1.29 is 19.2 Å². The van der Waals surface area contributed by atoms with E-state index in [2.05, 4.69) is 5.32 Å². The molecule has 0 aliphatic heterocycles. The smallest absolute Gasteiger partial charge is 0.271 e. The Bertz CT molecular complexity index is 1250. The summed E-state index contributed by atoms with van der Waals surface area (Å²) in [5.74, 6) is 0.241. The lowest BCUT2D eigenvalue weighted by atomic mass is 10.1. The first-order valence-electron chi connectivity index (χ1n) is 9.63. The molecular formula is C24H18ClN3O5. The maximum Gasteiger partial charge on any atom is 0.271 e. The van der Waals surface area contributed by atoms with Gasteiger partial charge in [0.1, 0.15) is 18.2 Å². The van der Waals surface area contributed by atoms with E-state index >= 15 is 0 Å². The molecule has 0 aromatic heterocycles. The molecule has 3 aromatic carbocycles. The van der Waals surface area contributed by atoms with Crippen molar-refractivity contribution in [3.05, 3.63) is 98.6 Å². The SMILES string of the molecule is COc1ccc(C=C(C#N)C(=O)Nc2ccc([N+](=O)[O-])cc2Cl)cc1OCc1ccccc1. The molecule has 0 unspecified atom stereocenters. The van der Waals surface area contributed by atoms with Crippen molar-refractivity contribution in [3.63, 3.8) is 0 Å². The number of nitriles is 1. The zero-order chi connectivity index (χ0) is 23.8. The number of rotatable bonds is 8. The largest absolute Gasteiger partial charge is 0.493 e. The van der Waals surface area contributed by atoms with Gasteiger partial charge in [-0.3, -0.25) is 14.9 Å². The second-order valence-electron chi connectivity index (χ2n) is 6.73. The van der Waals surface area contributed by atoms with Gasteiger partial charge in [-0.25, -0.2) is 0 Å². The van der Waals surface area contributed by atoms with E-state index in [1.165, 1.54) is 25.3 Å². The molecule has 0 saturated heterocycles. The van der Waals surface area contributed by atoms with E-state index in [-0.39, 0.29) is 22.0 Å². The van der Waals surface area contributed by atoms with Gasteiger partial charge in [-0.1, -0.05) is 48.0 Å². The first-order valence-corrected chi connectivity index (χ1v) is 10.0. The van der Waals surface area contributed by atoms with Crippen molar-refractivity contribution in [1.82, 2.24) is 0 Å². The summed E-state index contributed by atoms with van der Waals surface area (Å²) >= 11 is 6.01. The topological polar surface area (TPSA) is 114 Å². The number of amides is 1. The number of carbonyl (C=O) groups excluding carboxylic acids is 1. The minimum absolute atomic E-state index is 0.0177. The van der Waals surface area contributed by atoms with Gasteiger partial charge in [-0.2, -0.15) is 5.26 Å². The number of nitrogens with one attached hydrogen (secondary N) is 1. The minimum Gasteiger partial charge on any atom is -0.493 e. The molecule has 0 heterocycles. The van der Waals surface area contributed by atoms with Crippen LogP contribution in [0.1, 0.15) is 11.1 Å². The summed E-state index contributed by atoms with van der Waals surface area (Å²) in [5.41, 5.74) is 1.26. The van der Waals surface area contributed by atoms with Gasteiger partial charge in [0.15, 0.2) is 11.5 Å². The van der Waals surface area contributed by atoms with Crippen molar-refractivity contribution in [3.8, 4) is 17.6 Å². The molecule has 0 aliphatic rings. The number of benzene rings is 3. The number of ether oxygens (including phenoxy) is 2. The van der Waals surface area contributed by atoms with E-state index in [4.69, 9.17) is 21.1 Å². The predicted octanol–water partition coefficient (Wildman–Crippen LogP) is 5.38. The fourth-order valence-electron chi connectivity index (χ4n) is 2.86. The number of halogens is 1. The van der Waals surface area contributed by atoms with Crippen molar-refractivity contribution in [2.45, 2.75) is 6.61 Å². The van der Waals surface area contributed by atoms with Crippen LogP contribution >= 0.6 is 11.6 Å². The highest BCUT2D eigenvalue weighted by Gasteiger charge is 2.15. The third-order valence-electron chi connectivity index (χ3n) is 4.51. The second-order valence-corrected chi connectivity index (χ2v) is 7.14. The van der Waals surface area contributed by atoms with E-state index in [1.54, 1.807) is 18.2 Å². The molecule has 3 rings (SSSR count). The highest BCUT2D eigenvalue weighted by Crippen LogP contribution is 2.30. The molecule has 9 heteroatoms. The van der Waals surface area contributed by atoms with Crippen molar-refractivity contribution in [1.29, 1.82) is 5.26 Å². The lowest BCUT2D eigenvalue weighted by molar-refractivity contribution is -0.384. The number of anilines is 1. The number of nitro benzene ring substituents is 1. The van der Waals surface area contributed by atoms with E-state index in [0.717, 1.165) is 11.6 Å². The van der Waals surface area contributed by atoms with Gasteiger partial charge in [-0.15, -0.1) is 0 Å². The quantitative estimate of drug-likeness (QED) is 0.207. The van der Waals surface area contributed by atoms with E-state index in [9.17, 15) is 20.2 Å². The van der Waals surface area contributed by atoms with Crippen LogP contribution in [0.4, 0.5) is 11.4 Å². The van der Waals surface area contributed by atoms with Crippen LogP contribution in [0.25, 0.3) is 6.08 Å². The molecule has 8 nitrogen and oxygen atoms in total. The van der Waals surface area contributed by atoms with Gasteiger partial charge in [0.05, 0.1) is 22.7 Å². The summed E-state index contributed by atoms with van der Waals surface area (Å²) in [6, 6.07) is 20.1. The maximum atomic E-state index is 12.6. The fourth-order valence-corrected chi connectivity index (χ4v) is 3.08. The van der Waals surface area contributed by atoms with Gasteiger partial charge in [0, 0.05) is 12.1 Å².